The molecule has 5 nitrogen and oxygen atoms in total. The Morgan fingerprint density at radius 1 is 1.14 bits per heavy atom. The number of rotatable bonds is 2. The summed E-state index contributed by atoms with van der Waals surface area (Å²) in [5.41, 5.74) is -0.410. The van der Waals surface area contributed by atoms with Gasteiger partial charge in [-0.25, -0.2) is 4.79 Å². The number of amides is 1. The van der Waals surface area contributed by atoms with E-state index < -0.39 is 5.60 Å². The van der Waals surface area contributed by atoms with Gasteiger partial charge >= 0.3 is 6.09 Å². The van der Waals surface area contributed by atoms with Gasteiger partial charge in [0.1, 0.15) is 5.60 Å². The van der Waals surface area contributed by atoms with Crippen LogP contribution in [0.25, 0.3) is 0 Å². The van der Waals surface area contributed by atoms with E-state index in [4.69, 9.17) is 9.47 Å². The van der Waals surface area contributed by atoms with E-state index in [2.05, 4.69) is 5.32 Å². The van der Waals surface area contributed by atoms with Gasteiger partial charge in [-0.2, -0.15) is 0 Å². The SMILES string of the molecule is CC(C)(C)OC(=O)N1C2CCC1CC(NC1CCOC1)C2. The van der Waals surface area contributed by atoms with Crippen LogP contribution in [0.15, 0.2) is 0 Å². The lowest BCUT2D eigenvalue weighted by Gasteiger charge is -2.40. The first-order valence-electron chi connectivity index (χ1n) is 8.27. The summed E-state index contributed by atoms with van der Waals surface area (Å²) in [7, 11) is 0. The zero-order chi connectivity index (χ0) is 15.0. The smallest absolute Gasteiger partial charge is 0.410 e. The van der Waals surface area contributed by atoms with Crippen LogP contribution in [0.4, 0.5) is 4.79 Å². The molecule has 0 radical (unpaired) electrons. The fourth-order valence-electron chi connectivity index (χ4n) is 3.93. The Labute approximate surface area is 127 Å². The molecule has 3 unspecified atom stereocenters. The third-order valence-corrected chi connectivity index (χ3v) is 4.74. The van der Waals surface area contributed by atoms with Gasteiger partial charge in [0.2, 0.25) is 0 Å². The van der Waals surface area contributed by atoms with Crippen molar-refractivity contribution in [2.24, 2.45) is 0 Å². The van der Waals surface area contributed by atoms with E-state index in [1.54, 1.807) is 0 Å². The summed E-state index contributed by atoms with van der Waals surface area (Å²) < 4.78 is 11.0. The van der Waals surface area contributed by atoms with Crippen LogP contribution in [0.2, 0.25) is 0 Å². The third-order valence-electron chi connectivity index (χ3n) is 4.74. The summed E-state index contributed by atoms with van der Waals surface area (Å²) in [4.78, 5) is 14.4. The normalized spacial score (nSPS) is 36.0. The number of piperidine rings is 1. The van der Waals surface area contributed by atoms with Gasteiger partial charge in [-0.05, 0) is 52.9 Å². The second kappa shape index (κ2) is 5.76. The summed E-state index contributed by atoms with van der Waals surface area (Å²) >= 11 is 0. The van der Waals surface area contributed by atoms with Crippen LogP contribution < -0.4 is 5.32 Å². The number of fused-ring (bicyclic) bond motifs is 2. The Kier molecular flexibility index (Phi) is 4.14. The first kappa shape index (κ1) is 15.1. The molecule has 5 heteroatoms. The van der Waals surface area contributed by atoms with E-state index in [1.165, 1.54) is 0 Å². The highest BCUT2D eigenvalue weighted by Crippen LogP contribution is 2.37. The molecule has 3 atom stereocenters. The minimum atomic E-state index is -0.410. The lowest BCUT2D eigenvalue weighted by Crippen LogP contribution is -2.54. The van der Waals surface area contributed by atoms with Gasteiger partial charge in [0.25, 0.3) is 0 Å². The summed E-state index contributed by atoms with van der Waals surface area (Å²) in [6.45, 7) is 7.51. The average Bonchev–Trinajstić information content (AvgIpc) is 2.94. The quantitative estimate of drug-likeness (QED) is 0.849. The minimum Gasteiger partial charge on any atom is -0.444 e. The summed E-state index contributed by atoms with van der Waals surface area (Å²) in [5, 5.41) is 3.72. The Morgan fingerprint density at radius 3 is 2.33 bits per heavy atom. The van der Waals surface area contributed by atoms with Crippen molar-refractivity contribution in [1.29, 1.82) is 0 Å². The monoisotopic (exact) mass is 296 g/mol. The van der Waals surface area contributed by atoms with Crippen LogP contribution in [-0.2, 0) is 9.47 Å². The molecule has 0 saturated carbocycles. The van der Waals surface area contributed by atoms with Crippen LogP contribution in [0.3, 0.4) is 0 Å². The van der Waals surface area contributed by atoms with Crippen LogP contribution in [0, 0.1) is 0 Å². The molecule has 0 aromatic rings. The highest BCUT2D eigenvalue weighted by molar-refractivity contribution is 5.69. The summed E-state index contributed by atoms with van der Waals surface area (Å²) in [5.74, 6) is 0. The van der Waals surface area contributed by atoms with Gasteiger partial charge in [-0.3, -0.25) is 0 Å². The molecule has 3 aliphatic rings. The van der Waals surface area contributed by atoms with Crippen molar-refractivity contribution in [3.8, 4) is 0 Å². The second-order valence-corrected chi connectivity index (χ2v) is 7.67. The van der Waals surface area contributed by atoms with Crippen LogP contribution in [-0.4, -0.2) is 54.0 Å². The van der Waals surface area contributed by atoms with Gasteiger partial charge in [0.05, 0.1) is 6.61 Å². The number of hydrogen-bond acceptors (Lipinski definition) is 4. The Morgan fingerprint density at radius 2 is 1.81 bits per heavy atom. The van der Waals surface area contributed by atoms with E-state index in [9.17, 15) is 4.79 Å². The Bertz CT molecular complexity index is 373. The maximum Gasteiger partial charge on any atom is 0.410 e. The molecule has 2 bridgehead atoms. The molecule has 3 aliphatic heterocycles. The van der Waals surface area contributed by atoms with Crippen molar-refractivity contribution in [2.45, 2.75) is 82.6 Å². The Balaban J connectivity index is 1.57. The maximum atomic E-state index is 12.4. The zero-order valence-corrected chi connectivity index (χ0v) is 13.4. The first-order chi connectivity index (χ1) is 9.92. The van der Waals surface area contributed by atoms with Crippen molar-refractivity contribution in [3.63, 3.8) is 0 Å². The number of carbonyl (C=O) groups excluding carboxylic acids is 1. The van der Waals surface area contributed by atoms with Crippen molar-refractivity contribution >= 4 is 6.09 Å². The summed E-state index contributed by atoms with van der Waals surface area (Å²) in [6, 6.07) is 1.72. The average molecular weight is 296 g/mol. The standard InChI is InChI=1S/C16H28N2O3/c1-16(2,3)21-15(19)18-13-4-5-14(18)9-12(8-13)17-11-6-7-20-10-11/h11-14,17H,4-10H2,1-3H3. The largest absolute Gasteiger partial charge is 0.444 e. The lowest BCUT2D eigenvalue weighted by atomic mass is 9.97. The van der Waals surface area contributed by atoms with Gasteiger partial charge in [0.15, 0.2) is 0 Å². The van der Waals surface area contributed by atoms with Crippen molar-refractivity contribution in [2.75, 3.05) is 13.2 Å². The number of nitrogens with one attached hydrogen (secondary N) is 1. The first-order valence-corrected chi connectivity index (χ1v) is 8.27. The van der Waals surface area contributed by atoms with Crippen molar-refractivity contribution < 1.29 is 14.3 Å². The molecule has 0 spiro atoms. The fraction of sp³-hybridized carbons (Fsp3) is 0.938. The molecule has 0 aliphatic carbocycles. The van der Waals surface area contributed by atoms with E-state index in [0.29, 0.717) is 24.2 Å². The molecule has 0 aromatic carbocycles. The fourth-order valence-corrected chi connectivity index (χ4v) is 3.93. The van der Waals surface area contributed by atoms with Gasteiger partial charge < -0.3 is 19.7 Å². The molecule has 21 heavy (non-hydrogen) atoms. The molecule has 3 heterocycles. The van der Waals surface area contributed by atoms with E-state index in [0.717, 1.165) is 45.3 Å². The molecule has 1 N–H and O–H groups in total. The molecule has 0 aromatic heterocycles. The zero-order valence-electron chi connectivity index (χ0n) is 13.4. The number of ether oxygens (including phenoxy) is 2. The van der Waals surface area contributed by atoms with Crippen LogP contribution >= 0.6 is 0 Å². The molecule has 3 rings (SSSR count). The third kappa shape index (κ3) is 3.51. The van der Waals surface area contributed by atoms with Gasteiger partial charge in [-0.15, -0.1) is 0 Å². The predicted octanol–water partition coefficient (Wildman–Crippen LogP) is 2.30. The highest BCUT2D eigenvalue weighted by Gasteiger charge is 2.45. The van der Waals surface area contributed by atoms with Crippen molar-refractivity contribution in [1.82, 2.24) is 10.2 Å². The number of carbonyl (C=O) groups is 1. The van der Waals surface area contributed by atoms with E-state index in [1.807, 2.05) is 25.7 Å². The highest BCUT2D eigenvalue weighted by atomic mass is 16.6. The lowest BCUT2D eigenvalue weighted by molar-refractivity contribution is 0.00421. The Hall–Kier alpha value is -0.810. The van der Waals surface area contributed by atoms with Crippen LogP contribution in [0.1, 0.15) is 52.9 Å². The second-order valence-electron chi connectivity index (χ2n) is 7.67. The maximum absolute atomic E-state index is 12.4. The predicted molar refractivity (Wildman–Crippen MR) is 80.3 cm³/mol. The molecule has 3 saturated heterocycles. The van der Waals surface area contributed by atoms with E-state index >= 15 is 0 Å². The van der Waals surface area contributed by atoms with Crippen molar-refractivity contribution in [3.05, 3.63) is 0 Å². The molecular formula is C16H28N2O3. The van der Waals surface area contributed by atoms with Crippen LogP contribution in [0.5, 0.6) is 0 Å². The van der Waals surface area contributed by atoms with Gasteiger partial charge in [0, 0.05) is 30.8 Å². The molecule has 1 amide bonds. The molecular weight excluding hydrogens is 268 g/mol. The topological polar surface area (TPSA) is 50.8 Å². The van der Waals surface area contributed by atoms with Gasteiger partial charge in [-0.1, -0.05) is 0 Å². The minimum absolute atomic E-state index is 0.127. The van der Waals surface area contributed by atoms with E-state index in [-0.39, 0.29) is 6.09 Å². The number of nitrogens with zero attached hydrogens (tertiary/aromatic N) is 1. The summed E-state index contributed by atoms with van der Waals surface area (Å²) in [6.07, 6.45) is 5.31. The number of hydrogen-bond donors (Lipinski definition) is 1. The molecule has 120 valence electrons. The molecule has 3 fully saturated rings.